The lowest BCUT2D eigenvalue weighted by Crippen LogP contribution is -2.18. The number of methoxy groups -OCH3 is 1. The topological polar surface area (TPSA) is 54.4 Å². The van der Waals surface area contributed by atoms with Gasteiger partial charge >= 0.3 is 0 Å². The number of aromatic hydroxyl groups is 1. The molecule has 2 rings (SSSR count). The van der Waals surface area contributed by atoms with Crippen LogP contribution in [0, 0.1) is 6.92 Å². The van der Waals surface area contributed by atoms with Crippen molar-refractivity contribution in [3.8, 4) is 22.1 Å². The van der Waals surface area contributed by atoms with Gasteiger partial charge in [-0.2, -0.15) is 0 Å². The lowest BCUT2D eigenvalue weighted by Gasteiger charge is -2.11. The van der Waals surface area contributed by atoms with Crippen LogP contribution >= 0.6 is 11.3 Å². The second-order valence-electron chi connectivity index (χ2n) is 5.03. The number of nitrogens with zero attached hydrogens (tertiary/aromatic N) is 1. The number of phenolic OH excluding ortho intramolecular Hbond substituents is 1. The third-order valence-electron chi connectivity index (χ3n) is 3.35. The second-order valence-corrected chi connectivity index (χ2v) is 6.06. The van der Waals surface area contributed by atoms with E-state index < -0.39 is 0 Å². The van der Waals surface area contributed by atoms with Crippen LogP contribution in [0.3, 0.4) is 0 Å². The van der Waals surface area contributed by atoms with E-state index in [0.29, 0.717) is 11.8 Å². The number of rotatable bonds is 6. The molecule has 0 saturated carbocycles. The minimum atomic E-state index is 0.146. The van der Waals surface area contributed by atoms with E-state index in [-0.39, 0.29) is 5.75 Å². The average Bonchev–Trinajstić information content (AvgIpc) is 2.87. The van der Waals surface area contributed by atoms with Crippen LogP contribution in [0.15, 0.2) is 18.2 Å². The molecular formula is C16H22N2O2S. The van der Waals surface area contributed by atoms with Crippen LogP contribution in [0.4, 0.5) is 0 Å². The minimum absolute atomic E-state index is 0.146. The van der Waals surface area contributed by atoms with Crippen molar-refractivity contribution in [2.24, 2.45) is 0 Å². The van der Waals surface area contributed by atoms with Gasteiger partial charge in [-0.15, -0.1) is 11.3 Å². The molecule has 1 unspecified atom stereocenters. The Kier molecular flexibility index (Phi) is 5.20. The lowest BCUT2D eigenvalue weighted by atomic mass is 10.2. The van der Waals surface area contributed by atoms with Crippen molar-refractivity contribution in [2.75, 3.05) is 13.7 Å². The van der Waals surface area contributed by atoms with Crippen molar-refractivity contribution >= 4 is 11.3 Å². The Morgan fingerprint density at radius 1 is 1.43 bits per heavy atom. The van der Waals surface area contributed by atoms with Crippen molar-refractivity contribution in [1.82, 2.24) is 10.3 Å². The van der Waals surface area contributed by atoms with Gasteiger partial charge in [0.05, 0.1) is 12.8 Å². The number of hydrogen-bond donors (Lipinski definition) is 2. The molecule has 1 aromatic carbocycles. The molecule has 1 atom stereocenters. The summed E-state index contributed by atoms with van der Waals surface area (Å²) >= 11 is 1.69. The Hall–Kier alpha value is -1.59. The van der Waals surface area contributed by atoms with Crippen molar-refractivity contribution in [3.63, 3.8) is 0 Å². The van der Waals surface area contributed by atoms with E-state index in [2.05, 4.69) is 24.1 Å². The zero-order valence-corrected chi connectivity index (χ0v) is 13.8. The van der Waals surface area contributed by atoms with Crippen LogP contribution in [-0.2, 0) is 0 Å². The summed E-state index contributed by atoms with van der Waals surface area (Å²) in [7, 11) is 1.55. The molecule has 0 spiro atoms. The highest BCUT2D eigenvalue weighted by Gasteiger charge is 2.15. The zero-order chi connectivity index (χ0) is 15.4. The SMILES string of the molecule is CCCNC(C)c1sc(-c2ccc(O)c(OC)c2)nc1C. The highest BCUT2D eigenvalue weighted by atomic mass is 32.1. The molecular weight excluding hydrogens is 284 g/mol. The van der Waals surface area contributed by atoms with E-state index in [1.54, 1.807) is 24.5 Å². The third kappa shape index (κ3) is 3.54. The second kappa shape index (κ2) is 6.91. The van der Waals surface area contributed by atoms with Crippen LogP contribution in [0.25, 0.3) is 10.6 Å². The highest BCUT2D eigenvalue weighted by Crippen LogP contribution is 2.36. The van der Waals surface area contributed by atoms with E-state index in [0.717, 1.165) is 29.2 Å². The molecule has 2 aromatic rings. The van der Waals surface area contributed by atoms with Gasteiger partial charge in [0.25, 0.3) is 0 Å². The number of hydrogen-bond acceptors (Lipinski definition) is 5. The summed E-state index contributed by atoms with van der Waals surface area (Å²) in [6.07, 6.45) is 1.12. The van der Waals surface area contributed by atoms with Gasteiger partial charge < -0.3 is 15.2 Å². The fourth-order valence-corrected chi connectivity index (χ4v) is 3.29. The molecule has 0 amide bonds. The molecule has 4 nitrogen and oxygen atoms in total. The molecule has 2 N–H and O–H groups in total. The molecule has 1 heterocycles. The quantitative estimate of drug-likeness (QED) is 0.850. The molecule has 0 aliphatic carbocycles. The van der Waals surface area contributed by atoms with Gasteiger partial charge in [0.2, 0.25) is 0 Å². The highest BCUT2D eigenvalue weighted by molar-refractivity contribution is 7.15. The Morgan fingerprint density at radius 3 is 2.86 bits per heavy atom. The zero-order valence-electron chi connectivity index (χ0n) is 12.9. The summed E-state index contributed by atoms with van der Waals surface area (Å²) in [4.78, 5) is 5.91. The number of aryl methyl sites for hydroxylation is 1. The Balaban J connectivity index is 2.29. The van der Waals surface area contributed by atoms with Crippen LogP contribution in [0.1, 0.15) is 36.9 Å². The first kappa shape index (κ1) is 15.8. The molecule has 0 aliphatic heterocycles. The van der Waals surface area contributed by atoms with E-state index >= 15 is 0 Å². The number of phenols is 1. The van der Waals surface area contributed by atoms with Gasteiger partial charge in [0, 0.05) is 16.5 Å². The molecule has 0 saturated heterocycles. The van der Waals surface area contributed by atoms with E-state index in [1.165, 1.54) is 4.88 Å². The van der Waals surface area contributed by atoms with Crippen LogP contribution < -0.4 is 10.1 Å². The summed E-state index contributed by atoms with van der Waals surface area (Å²) in [5.74, 6) is 0.617. The Bertz CT molecular complexity index is 610. The summed E-state index contributed by atoms with van der Waals surface area (Å²) in [6, 6.07) is 5.63. The first-order valence-corrected chi connectivity index (χ1v) is 7.96. The van der Waals surface area contributed by atoms with Crippen LogP contribution in [0.2, 0.25) is 0 Å². The number of benzene rings is 1. The summed E-state index contributed by atoms with van der Waals surface area (Å²) in [5, 5.41) is 14.1. The van der Waals surface area contributed by atoms with Gasteiger partial charge in [-0.3, -0.25) is 0 Å². The molecule has 0 bridgehead atoms. The molecule has 0 aliphatic rings. The predicted octanol–water partition coefficient (Wildman–Crippen LogP) is 3.89. The van der Waals surface area contributed by atoms with Gasteiger partial charge in [0.15, 0.2) is 11.5 Å². The van der Waals surface area contributed by atoms with Crippen molar-refractivity contribution in [3.05, 3.63) is 28.8 Å². The molecule has 0 radical (unpaired) electrons. The van der Waals surface area contributed by atoms with Gasteiger partial charge in [-0.05, 0) is 45.0 Å². The van der Waals surface area contributed by atoms with E-state index in [9.17, 15) is 5.11 Å². The number of thiazole rings is 1. The lowest BCUT2D eigenvalue weighted by molar-refractivity contribution is 0.373. The molecule has 0 fully saturated rings. The number of ether oxygens (including phenoxy) is 1. The molecule has 21 heavy (non-hydrogen) atoms. The molecule has 114 valence electrons. The third-order valence-corrected chi connectivity index (χ3v) is 4.74. The standard InChI is InChI=1S/C16H22N2O2S/c1-5-8-17-10(2)15-11(3)18-16(21-15)12-6-7-13(19)14(9-12)20-4/h6-7,9-10,17,19H,5,8H2,1-4H3. The van der Waals surface area contributed by atoms with Crippen molar-refractivity contribution in [2.45, 2.75) is 33.2 Å². The monoisotopic (exact) mass is 306 g/mol. The Labute approximate surface area is 129 Å². The van der Waals surface area contributed by atoms with Crippen molar-refractivity contribution in [1.29, 1.82) is 0 Å². The van der Waals surface area contributed by atoms with Gasteiger partial charge in [-0.1, -0.05) is 6.92 Å². The van der Waals surface area contributed by atoms with Gasteiger partial charge in [-0.25, -0.2) is 4.98 Å². The minimum Gasteiger partial charge on any atom is -0.504 e. The number of nitrogens with one attached hydrogen (secondary N) is 1. The normalized spacial score (nSPS) is 12.4. The maximum atomic E-state index is 9.67. The summed E-state index contributed by atoms with van der Waals surface area (Å²) in [5.41, 5.74) is 2.02. The fourth-order valence-electron chi connectivity index (χ4n) is 2.20. The number of aromatic nitrogens is 1. The smallest absolute Gasteiger partial charge is 0.161 e. The molecule has 5 heteroatoms. The average molecular weight is 306 g/mol. The van der Waals surface area contributed by atoms with E-state index in [1.807, 2.05) is 19.1 Å². The summed E-state index contributed by atoms with van der Waals surface area (Å²) < 4.78 is 5.16. The van der Waals surface area contributed by atoms with Crippen molar-refractivity contribution < 1.29 is 9.84 Å². The van der Waals surface area contributed by atoms with E-state index in [4.69, 9.17) is 4.74 Å². The summed E-state index contributed by atoms with van der Waals surface area (Å²) in [6.45, 7) is 7.36. The Morgan fingerprint density at radius 2 is 2.19 bits per heavy atom. The van der Waals surface area contributed by atoms with Crippen LogP contribution in [-0.4, -0.2) is 23.7 Å². The van der Waals surface area contributed by atoms with Gasteiger partial charge in [0.1, 0.15) is 5.01 Å². The van der Waals surface area contributed by atoms with Crippen LogP contribution in [0.5, 0.6) is 11.5 Å². The first-order valence-electron chi connectivity index (χ1n) is 7.14. The first-order chi connectivity index (χ1) is 10.1. The largest absolute Gasteiger partial charge is 0.504 e. The predicted molar refractivity (Wildman–Crippen MR) is 87.2 cm³/mol. The maximum Gasteiger partial charge on any atom is 0.161 e. The fraction of sp³-hybridized carbons (Fsp3) is 0.438. The molecule has 1 aromatic heterocycles. The maximum absolute atomic E-state index is 9.67.